The fraction of sp³-hybridized carbons (Fsp3) is 0.368. The Morgan fingerprint density at radius 3 is 2.62 bits per heavy atom. The number of carbonyl (C=O) groups is 1. The summed E-state index contributed by atoms with van der Waals surface area (Å²) in [6.07, 6.45) is 1.42. The van der Waals surface area contributed by atoms with E-state index in [2.05, 4.69) is 29.4 Å². The summed E-state index contributed by atoms with van der Waals surface area (Å²) in [6.45, 7) is 6.27. The minimum Gasteiger partial charge on any atom is -0.342 e. The zero-order chi connectivity index (χ0) is 17.1. The molecule has 1 aliphatic heterocycles. The average Bonchev–Trinajstić information content (AvgIpc) is 2.86. The summed E-state index contributed by atoms with van der Waals surface area (Å²) in [7, 11) is 0. The van der Waals surface area contributed by atoms with Crippen LogP contribution in [0, 0.1) is 12.3 Å². The van der Waals surface area contributed by atoms with Gasteiger partial charge in [-0.2, -0.15) is 5.10 Å². The fourth-order valence-corrected chi connectivity index (χ4v) is 4.07. The molecule has 0 unspecified atom stereocenters. The second-order valence-corrected chi connectivity index (χ2v) is 7.99. The Morgan fingerprint density at radius 2 is 1.92 bits per heavy atom. The highest BCUT2D eigenvalue weighted by Gasteiger charge is 2.42. The lowest BCUT2D eigenvalue weighted by molar-refractivity contribution is -0.118. The van der Waals surface area contributed by atoms with Gasteiger partial charge >= 0.3 is 0 Å². The summed E-state index contributed by atoms with van der Waals surface area (Å²) >= 11 is 6.05. The van der Waals surface area contributed by atoms with Gasteiger partial charge in [-0.1, -0.05) is 37.6 Å². The van der Waals surface area contributed by atoms with Crippen LogP contribution in [-0.4, -0.2) is 16.0 Å². The molecule has 5 heteroatoms. The molecule has 1 aromatic carbocycles. The molecule has 4 nitrogen and oxygen atoms in total. The number of rotatable bonds is 1. The van der Waals surface area contributed by atoms with Gasteiger partial charge in [0.1, 0.15) is 0 Å². The largest absolute Gasteiger partial charge is 0.342 e. The lowest BCUT2D eigenvalue weighted by Gasteiger charge is -2.38. The van der Waals surface area contributed by atoms with Crippen LogP contribution in [0.25, 0.3) is 0 Å². The van der Waals surface area contributed by atoms with Gasteiger partial charge in [-0.05, 0) is 36.5 Å². The van der Waals surface area contributed by atoms with Crippen molar-refractivity contribution < 1.29 is 4.79 Å². The maximum atomic E-state index is 13.0. The van der Waals surface area contributed by atoms with Crippen molar-refractivity contribution >= 4 is 23.2 Å². The van der Waals surface area contributed by atoms with E-state index in [1.807, 2.05) is 31.2 Å². The first-order valence-corrected chi connectivity index (χ1v) is 8.57. The van der Waals surface area contributed by atoms with Crippen LogP contribution in [0.15, 0.2) is 35.5 Å². The van der Waals surface area contributed by atoms with Gasteiger partial charge in [-0.25, -0.2) is 0 Å². The van der Waals surface area contributed by atoms with Crippen LogP contribution < -0.4 is 5.32 Å². The van der Waals surface area contributed by atoms with E-state index < -0.39 is 0 Å². The Labute approximate surface area is 146 Å². The van der Waals surface area contributed by atoms with Gasteiger partial charge in [-0.3, -0.25) is 9.89 Å². The third-order valence-electron chi connectivity index (χ3n) is 4.96. The van der Waals surface area contributed by atoms with E-state index >= 15 is 0 Å². The van der Waals surface area contributed by atoms with Crippen LogP contribution in [0.2, 0.25) is 5.02 Å². The number of allylic oxidation sites excluding steroid dienone is 2. The molecule has 124 valence electrons. The number of nitrogens with one attached hydrogen (secondary N) is 2. The molecule has 2 aliphatic rings. The van der Waals surface area contributed by atoms with Crippen molar-refractivity contribution in [3.63, 3.8) is 0 Å². The number of halogens is 1. The van der Waals surface area contributed by atoms with E-state index in [4.69, 9.17) is 11.6 Å². The van der Waals surface area contributed by atoms with Gasteiger partial charge in [-0.15, -0.1) is 0 Å². The number of aromatic amines is 1. The van der Waals surface area contributed by atoms with Gasteiger partial charge in [0.15, 0.2) is 11.6 Å². The van der Waals surface area contributed by atoms with Gasteiger partial charge in [0.2, 0.25) is 0 Å². The lowest BCUT2D eigenvalue weighted by Crippen LogP contribution is -2.33. The second kappa shape index (κ2) is 5.21. The molecule has 24 heavy (non-hydrogen) atoms. The standard InChI is InChI=1S/C19H20ClN3O/c1-10-15-16(11-4-6-12(20)7-5-11)17-13(21-18(15)23-22-10)8-19(2,3)9-14(17)24/h4-7,16H,8-9H2,1-3H3,(H2,21,22,23)/t16-/m1/s1. The van der Waals surface area contributed by atoms with Crippen molar-refractivity contribution in [2.75, 3.05) is 5.32 Å². The van der Waals surface area contributed by atoms with Crippen molar-refractivity contribution in [1.82, 2.24) is 10.2 Å². The SMILES string of the molecule is Cc1[nH]nc2c1[C@@H](c1ccc(Cl)cc1)C1=C(CC(C)(C)CC1=O)N2. The quantitative estimate of drug-likeness (QED) is 0.798. The maximum absolute atomic E-state index is 13.0. The topological polar surface area (TPSA) is 57.8 Å². The van der Waals surface area contributed by atoms with E-state index in [0.717, 1.165) is 40.3 Å². The van der Waals surface area contributed by atoms with Crippen molar-refractivity contribution in [3.8, 4) is 0 Å². The second-order valence-electron chi connectivity index (χ2n) is 7.55. The van der Waals surface area contributed by atoms with E-state index in [-0.39, 0.29) is 17.1 Å². The van der Waals surface area contributed by atoms with Crippen molar-refractivity contribution in [3.05, 3.63) is 57.4 Å². The molecular weight excluding hydrogens is 322 g/mol. The molecule has 2 heterocycles. The molecule has 0 amide bonds. The number of aryl methyl sites for hydroxylation is 1. The van der Waals surface area contributed by atoms with Crippen LogP contribution >= 0.6 is 11.6 Å². The van der Waals surface area contributed by atoms with Gasteiger partial charge in [0.05, 0.1) is 0 Å². The minimum atomic E-state index is -0.0872. The number of anilines is 1. The summed E-state index contributed by atoms with van der Waals surface area (Å²) in [5.74, 6) is 0.965. The summed E-state index contributed by atoms with van der Waals surface area (Å²) in [6, 6.07) is 7.77. The summed E-state index contributed by atoms with van der Waals surface area (Å²) in [5.41, 5.74) is 4.98. The number of benzene rings is 1. The normalized spacial score (nSPS) is 22.0. The number of fused-ring (bicyclic) bond motifs is 1. The van der Waals surface area contributed by atoms with Gasteiger partial charge < -0.3 is 5.32 Å². The molecule has 1 aromatic heterocycles. The van der Waals surface area contributed by atoms with Crippen molar-refractivity contribution in [2.45, 2.75) is 39.5 Å². The van der Waals surface area contributed by atoms with Gasteiger partial charge in [0.25, 0.3) is 0 Å². The van der Waals surface area contributed by atoms with E-state index in [9.17, 15) is 4.79 Å². The highest BCUT2D eigenvalue weighted by atomic mass is 35.5. The van der Waals surface area contributed by atoms with E-state index in [0.29, 0.717) is 11.4 Å². The van der Waals surface area contributed by atoms with E-state index in [1.54, 1.807) is 0 Å². The molecule has 0 saturated heterocycles. The van der Waals surface area contributed by atoms with Gasteiger partial charge in [0, 0.05) is 39.9 Å². The molecule has 1 aliphatic carbocycles. The predicted octanol–water partition coefficient (Wildman–Crippen LogP) is 4.57. The molecule has 4 rings (SSSR count). The Kier molecular flexibility index (Phi) is 3.36. The molecule has 2 aromatic rings. The molecule has 1 atom stereocenters. The number of aromatic nitrogens is 2. The summed E-state index contributed by atoms with van der Waals surface area (Å²) < 4.78 is 0. The maximum Gasteiger partial charge on any atom is 0.162 e. The zero-order valence-corrected chi connectivity index (χ0v) is 14.8. The molecule has 0 saturated carbocycles. The minimum absolute atomic E-state index is 0.0314. The Balaban J connectivity index is 1.93. The molecule has 0 radical (unpaired) electrons. The first kappa shape index (κ1) is 15.5. The molecule has 0 bridgehead atoms. The Hall–Kier alpha value is -2.07. The smallest absolute Gasteiger partial charge is 0.162 e. The molecule has 0 fully saturated rings. The highest BCUT2D eigenvalue weighted by molar-refractivity contribution is 6.30. The number of H-pyrrole nitrogens is 1. The number of hydrogen-bond donors (Lipinski definition) is 2. The number of nitrogens with zero attached hydrogens (tertiary/aromatic N) is 1. The zero-order valence-electron chi connectivity index (χ0n) is 14.0. The van der Waals surface area contributed by atoms with Crippen molar-refractivity contribution in [2.24, 2.45) is 5.41 Å². The number of Topliss-reactive ketones (excluding diaryl/α,β-unsaturated/α-hetero) is 1. The molecule has 2 N–H and O–H groups in total. The predicted molar refractivity (Wildman–Crippen MR) is 95.3 cm³/mol. The van der Waals surface area contributed by atoms with E-state index in [1.165, 1.54) is 0 Å². The van der Waals surface area contributed by atoms with Crippen LogP contribution in [0.3, 0.4) is 0 Å². The van der Waals surface area contributed by atoms with Crippen LogP contribution in [-0.2, 0) is 4.79 Å². The molecule has 0 spiro atoms. The Bertz CT molecular complexity index is 861. The Morgan fingerprint density at radius 1 is 1.21 bits per heavy atom. The first-order chi connectivity index (χ1) is 11.4. The third kappa shape index (κ3) is 2.37. The van der Waals surface area contributed by atoms with Crippen molar-refractivity contribution in [1.29, 1.82) is 0 Å². The molecular formula is C19H20ClN3O. The first-order valence-electron chi connectivity index (χ1n) is 8.19. The fourth-order valence-electron chi connectivity index (χ4n) is 3.94. The van der Waals surface area contributed by atoms with Crippen LogP contribution in [0.4, 0.5) is 5.82 Å². The lowest BCUT2D eigenvalue weighted by atomic mass is 9.69. The monoisotopic (exact) mass is 341 g/mol. The average molecular weight is 342 g/mol. The number of hydrogen-bond acceptors (Lipinski definition) is 3. The number of carbonyl (C=O) groups excluding carboxylic acids is 1. The van der Waals surface area contributed by atoms with Crippen LogP contribution in [0.5, 0.6) is 0 Å². The van der Waals surface area contributed by atoms with Crippen LogP contribution in [0.1, 0.15) is 49.4 Å². The summed E-state index contributed by atoms with van der Waals surface area (Å²) in [5, 5.41) is 11.6. The summed E-state index contributed by atoms with van der Waals surface area (Å²) in [4.78, 5) is 13.0. The highest BCUT2D eigenvalue weighted by Crippen LogP contribution is 2.49. The number of ketones is 1. The third-order valence-corrected chi connectivity index (χ3v) is 5.22.